The van der Waals surface area contributed by atoms with E-state index in [1.807, 2.05) is 66.7 Å². The summed E-state index contributed by atoms with van der Waals surface area (Å²) in [5.74, 6) is 0.252. The van der Waals surface area contributed by atoms with Gasteiger partial charge in [0.2, 0.25) is 5.89 Å². The van der Waals surface area contributed by atoms with Crippen molar-refractivity contribution in [1.29, 1.82) is 0 Å². The van der Waals surface area contributed by atoms with E-state index in [2.05, 4.69) is 20.6 Å². The van der Waals surface area contributed by atoms with Crippen LogP contribution in [0.25, 0.3) is 33.5 Å². The summed E-state index contributed by atoms with van der Waals surface area (Å²) in [5.41, 5.74) is 4.39. The van der Waals surface area contributed by atoms with Gasteiger partial charge in [0.25, 0.3) is 5.91 Å². The van der Waals surface area contributed by atoms with Gasteiger partial charge in [0, 0.05) is 28.4 Å². The van der Waals surface area contributed by atoms with Crippen LogP contribution in [0, 0.1) is 0 Å². The van der Waals surface area contributed by atoms with Crippen molar-refractivity contribution >= 4 is 50.9 Å². The Kier molecular flexibility index (Phi) is 4.86. The van der Waals surface area contributed by atoms with Crippen LogP contribution in [-0.2, 0) is 0 Å². The van der Waals surface area contributed by atoms with Crippen LogP contribution in [0.4, 0.5) is 5.69 Å². The SMILES string of the molecule is O=C(NC(=S)Nc1ccc(-c2nc3ccccc3o2)cc1)c1ccc2cccnc2c1. The van der Waals surface area contributed by atoms with E-state index in [-0.39, 0.29) is 11.0 Å². The number of anilines is 1. The first-order valence-electron chi connectivity index (χ1n) is 9.59. The molecule has 0 aliphatic carbocycles. The van der Waals surface area contributed by atoms with Gasteiger partial charge >= 0.3 is 0 Å². The van der Waals surface area contributed by atoms with Gasteiger partial charge in [-0.15, -0.1) is 0 Å². The Bertz CT molecular complexity index is 1390. The second-order valence-corrected chi connectivity index (χ2v) is 7.29. The number of para-hydroxylation sites is 2. The number of hydrogen-bond donors (Lipinski definition) is 2. The molecule has 1 amide bonds. The van der Waals surface area contributed by atoms with Gasteiger partial charge in [-0.1, -0.05) is 24.3 Å². The summed E-state index contributed by atoms with van der Waals surface area (Å²) >= 11 is 5.29. The predicted octanol–water partition coefficient (Wildman–Crippen LogP) is 5.17. The largest absolute Gasteiger partial charge is 0.436 e. The number of carbonyl (C=O) groups is 1. The Morgan fingerprint density at radius 1 is 0.903 bits per heavy atom. The Morgan fingerprint density at radius 2 is 1.74 bits per heavy atom. The lowest BCUT2D eigenvalue weighted by Crippen LogP contribution is -2.34. The van der Waals surface area contributed by atoms with Crippen molar-refractivity contribution in [2.24, 2.45) is 0 Å². The number of amides is 1. The number of nitrogens with zero attached hydrogens (tertiary/aromatic N) is 2. The second-order valence-electron chi connectivity index (χ2n) is 6.88. The van der Waals surface area contributed by atoms with Crippen molar-refractivity contribution in [3.63, 3.8) is 0 Å². The number of oxazole rings is 1. The minimum Gasteiger partial charge on any atom is -0.436 e. The van der Waals surface area contributed by atoms with Gasteiger partial charge < -0.3 is 9.73 Å². The molecule has 0 atom stereocenters. The first kappa shape index (κ1) is 18.9. The monoisotopic (exact) mass is 424 g/mol. The topological polar surface area (TPSA) is 80.0 Å². The molecule has 0 unspecified atom stereocenters. The summed E-state index contributed by atoms with van der Waals surface area (Å²) < 4.78 is 5.79. The summed E-state index contributed by atoms with van der Waals surface area (Å²) in [6.07, 6.45) is 1.70. The Hall–Kier alpha value is -4.10. The Labute approximate surface area is 182 Å². The zero-order valence-electron chi connectivity index (χ0n) is 16.2. The number of pyridine rings is 1. The van der Waals surface area contributed by atoms with E-state index in [9.17, 15) is 4.79 Å². The maximum Gasteiger partial charge on any atom is 0.257 e. The zero-order valence-corrected chi connectivity index (χ0v) is 17.0. The van der Waals surface area contributed by atoms with Crippen molar-refractivity contribution in [2.45, 2.75) is 0 Å². The van der Waals surface area contributed by atoms with Crippen LogP contribution in [0.15, 0.2) is 89.5 Å². The number of thiocarbonyl (C=S) groups is 1. The first-order valence-corrected chi connectivity index (χ1v) is 10.00. The average molecular weight is 424 g/mol. The highest BCUT2D eigenvalue weighted by molar-refractivity contribution is 7.80. The van der Waals surface area contributed by atoms with Gasteiger partial charge in [0.15, 0.2) is 10.7 Å². The summed E-state index contributed by atoms with van der Waals surface area (Å²) in [6.45, 7) is 0. The zero-order chi connectivity index (χ0) is 21.2. The normalized spacial score (nSPS) is 10.8. The van der Waals surface area contributed by atoms with Gasteiger partial charge in [-0.2, -0.15) is 0 Å². The fraction of sp³-hybridized carbons (Fsp3) is 0. The molecule has 0 aliphatic heterocycles. The molecule has 31 heavy (non-hydrogen) atoms. The highest BCUT2D eigenvalue weighted by atomic mass is 32.1. The van der Waals surface area contributed by atoms with E-state index in [0.717, 1.165) is 33.3 Å². The minimum atomic E-state index is -0.298. The fourth-order valence-electron chi connectivity index (χ4n) is 3.24. The second kappa shape index (κ2) is 7.97. The van der Waals surface area contributed by atoms with Crippen LogP contribution in [0.5, 0.6) is 0 Å². The molecule has 2 heterocycles. The number of carbonyl (C=O) groups excluding carboxylic acids is 1. The highest BCUT2D eigenvalue weighted by Crippen LogP contribution is 2.25. The smallest absolute Gasteiger partial charge is 0.257 e. The van der Waals surface area contributed by atoms with E-state index in [4.69, 9.17) is 16.6 Å². The molecule has 150 valence electrons. The molecular weight excluding hydrogens is 408 g/mol. The van der Waals surface area contributed by atoms with Crippen molar-refractivity contribution in [3.8, 4) is 11.5 Å². The first-order chi connectivity index (χ1) is 15.2. The van der Waals surface area contributed by atoms with Gasteiger partial charge in [0.05, 0.1) is 5.52 Å². The molecule has 5 rings (SSSR count). The molecule has 0 saturated heterocycles. The van der Waals surface area contributed by atoms with Crippen molar-refractivity contribution in [1.82, 2.24) is 15.3 Å². The van der Waals surface area contributed by atoms with Crippen molar-refractivity contribution < 1.29 is 9.21 Å². The summed E-state index contributed by atoms with van der Waals surface area (Å²) in [6, 6.07) is 24.2. The third-order valence-corrected chi connectivity index (χ3v) is 4.98. The van der Waals surface area contributed by atoms with Gasteiger partial charge in [0.1, 0.15) is 5.52 Å². The molecule has 2 N–H and O–H groups in total. The van der Waals surface area contributed by atoms with Gasteiger partial charge in [-0.25, -0.2) is 4.98 Å². The molecule has 0 saturated carbocycles. The molecule has 0 aliphatic rings. The molecule has 6 nitrogen and oxygen atoms in total. The molecule has 0 radical (unpaired) electrons. The average Bonchev–Trinajstić information content (AvgIpc) is 3.23. The van der Waals surface area contributed by atoms with Crippen LogP contribution >= 0.6 is 12.2 Å². The fourth-order valence-corrected chi connectivity index (χ4v) is 3.45. The Balaban J connectivity index is 1.26. The number of aromatic nitrogens is 2. The molecule has 3 aromatic carbocycles. The maximum absolute atomic E-state index is 12.5. The molecule has 0 bridgehead atoms. The number of fused-ring (bicyclic) bond motifs is 2. The molecular formula is C24H16N4O2S. The predicted molar refractivity (Wildman–Crippen MR) is 125 cm³/mol. The number of rotatable bonds is 3. The highest BCUT2D eigenvalue weighted by Gasteiger charge is 2.10. The molecule has 2 aromatic heterocycles. The minimum absolute atomic E-state index is 0.209. The van der Waals surface area contributed by atoms with E-state index < -0.39 is 0 Å². The summed E-state index contributed by atoms with van der Waals surface area (Å²) in [7, 11) is 0. The summed E-state index contributed by atoms with van der Waals surface area (Å²) in [4.78, 5) is 21.3. The quantitative estimate of drug-likeness (QED) is 0.389. The summed E-state index contributed by atoms with van der Waals surface area (Å²) in [5, 5.41) is 6.89. The van der Waals surface area contributed by atoms with E-state index in [1.54, 1.807) is 18.3 Å². The lowest BCUT2D eigenvalue weighted by molar-refractivity contribution is 0.0978. The standard InChI is InChI=1S/C24H16N4O2S/c29-22(17-8-7-15-4-3-13-25-20(15)14-17)28-24(31)26-18-11-9-16(10-12-18)23-27-19-5-1-2-6-21(19)30-23/h1-14H,(H2,26,28,29,31). The van der Waals surface area contributed by atoms with Crippen LogP contribution in [0.1, 0.15) is 10.4 Å². The van der Waals surface area contributed by atoms with E-state index >= 15 is 0 Å². The molecule has 7 heteroatoms. The molecule has 5 aromatic rings. The molecule has 0 fully saturated rings. The van der Waals surface area contributed by atoms with Crippen LogP contribution in [-0.4, -0.2) is 21.0 Å². The third kappa shape index (κ3) is 3.99. The van der Waals surface area contributed by atoms with Crippen LogP contribution in [0.2, 0.25) is 0 Å². The maximum atomic E-state index is 12.5. The number of nitrogens with one attached hydrogen (secondary N) is 2. The van der Waals surface area contributed by atoms with Gasteiger partial charge in [-0.05, 0) is 66.8 Å². The lowest BCUT2D eigenvalue weighted by Gasteiger charge is -2.10. The lowest BCUT2D eigenvalue weighted by atomic mass is 10.1. The molecule has 0 spiro atoms. The number of hydrogen-bond acceptors (Lipinski definition) is 5. The van der Waals surface area contributed by atoms with Crippen LogP contribution < -0.4 is 10.6 Å². The Morgan fingerprint density at radius 3 is 2.58 bits per heavy atom. The number of benzene rings is 3. The third-order valence-electron chi connectivity index (χ3n) is 4.78. The van der Waals surface area contributed by atoms with Gasteiger partial charge in [-0.3, -0.25) is 15.1 Å². The van der Waals surface area contributed by atoms with Crippen LogP contribution in [0.3, 0.4) is 0 Å². The van der Waals surface area contributed by atoms with E-state index in [1.165, 1.54) is 0 Å². The van der Waals surface area contributed by atoms with E-state index in [0.29, 0.717) is 11.5 Å². The van der Waals surface area contributed by atoms with Crippen molar-refractivity contribution in [3.05, 3.63) is 90.6 Å². The van der Waals surface area contributed by atoms with Crippen molar-refractivity contribution in [2.75, 3.05) is 5.32 Å².